The van der Waals surface area contributed by atoms with E-state index in [0.29, 0.717) is 22.9 Å². The number of nitrogens with zero attached hydrogens (tertiary/aromatic N) is 3. The first-order valence-corrected chi connectivity index (χ1v) is 10.3. The van der Waals surface area contributed by atoms with E-state index in [1.54, 1.807) is 31.3 Å². The zero-order valence-electron chi connectivity index (χ0n) is 15.4. The highest BCUT2D eigenvalue weighted by Gasteiger charge is 2.19. The molecule has 0 atom stereocenters. The van der Waals surface area contributed by atoms with Crippen LogP contribution in [-0.4, -0.2) is 37.4 Å². The average molecular weight is 389 g/mol. The molecule has 1 aliphatic rings. The Balaban J connectivity index is 1.71. The molecule has 0 bridgehead atoms. The Kier molecular flexibility index (Phi) is 5.71. The lowest BCUT2D eigenvalue weighted by molar-refractivity contribution is -0.114. The van der Waals surface area contributed by atoms with Gasteiger partial charge in [0, 0.05) is 31.9 Å². The third kappa shape index (κ3) is 4.81. The lowest BCUT2D eigenvalue weighted by Gasteiger charge is -2.15. The topological polar surface area (TPSA) is 104 Å². The van der Waals surface area contributed by atoms with Gasteiger partial charge in [-0.15, -0.1) is 0 Å². The van der Waals surface area contributed by atoms with Crippen LogP contribution in [0.1, 0.15) is 31.0 Å². The van der Waals surface area contributed by atoms with Crippen LogP contribution in [0, 0.1) is 6.92 Å². The van der Waals surface area contributed by atoms with Gasteiger partial charge in [0.05, 0.1) is 17.1 Å². The average Bonchev–Trinajstić information content (AvgIpc) is 3.14. The number of anilines is 2. The van der Waals surface area contributed by atoms with E-state index in [0.717, 1.165) is 25.9 Å². The summed E-state index contributed by atoms with van der Waals surface area (Å²) < 4.78 is 27.9. The number of aryl methyl sites for hydroxylation is 1. The molecule has 0 unspecified atom stereocenters. The molecule has 0 radical (unpaired) electrons. The van der Waals surface area contributed by atoms with Crippen molar-refractivity contribution >= 4 is 27.6 Å². The lowest BCUT2D eigenvalue weighted by atomic mass is 10.2. The van der Waals surface area contributed by atoms with Crippen molar-refractivity contribution in [2.75, 3.05) is 23.3 Å². The van der Waals surface area contributed by atoms with Gasteiger partial charge in [-0.2, -0.15) is 0 Å². The summed E-state index contributed by atoms with van der Waals surface area (Å²) in [7, 11) is -3.70. The predicted molar refractivity (Wildman–Crippen MR) is 103 cm³/mol. The second-order valence-corrected chi connectivity index (χ2v) is 8.26. The van der Waals surface area contributed by atoms with Crippen LogP contribution in [0.5, 0.6) is 0 Å². The number of hydrogen-bond acceptors (Lipinski definition) is 6. The molecule has 1 fully saturated rings. The van der Waals surface area contributed by atoms with Crippen LogP contribution >= 0.6 is 0 Å². The SMILES string of the molecule is CC(=O)Nc1ccc(S(=O)(=O)NCc2ccnc(N3CCCC3)n2)c(C)c1. The third-order valence-corrected chi connectivity index (χ3v) is 5.88. The van der Waals surface area contributed by atoms with E-state index < -0.39 is 10.0 Å². The van der Waals surface area contributed by atoms with Crippen LogP contribution in [0.25, 0.3) is 0 Å². The number of carbonyl (C=O) groups excluding carboxylic acids is 1. The van der Waals surface area contributed by atoms with Gasteiger partial charge in [0.15, 0.2) is 0 Å². The highest BCUT2D eigenvalue weighted by molar-refractivity contribution is 7.89. The van der Waals surface area contributed by atoms with Gasteiger partial charge in [0.2, 0.25) is 21.9 Å². The van der Waals surface area contributed by atoms with E-state index in [4.69, 9.17) is 0 Å². The molecule has 1 saturated heterocycles. The molecular weight excluding hydrogens is 366 g/mol. The Morgan fingerprint density at radius 1 is 1.22 bits per heavy atom. The van der Waals surface area contributed by atoms with Crippen molar-refractivity contribution in [1.29, 1.82) is 0 Å². The minimum absolute atomic E-state index is 0.0819. The smallest absolute Gasteiger partial charge is 0.241 e. The molecule has 144 valence electrons. The number of sulfonamides is 1. The second-order valence-electron chi connectivity index (χ2n) is 6.53. The van der Waals surface area contributed by atoms with Crippen LogP contribution in [0.15, 0.2) is 35.4 Å². The number of aromatic nitrogens is 2. The third-order valence-electron chi connectivity index (χ3n) is 4.32. The van der Waals surface area contributed by atoms with Gasteiger partial charge in [-0.3, -0.25) is 4.79 Å². The van der Waals surface area contributed by atoms with Crippen LogP contribution in [0.3, 0.4) is 0 Å². The van der Waals surface area contributed by atoms with Crippen molar-refractivity contribution in [3.8, 4) is 0 Å². The largest absolute Gasteiger partial charge is 0.341 e. The number of rotatable bonds is 6. The zero-order chi connectivity index (χ0) is 19.4. The molecule has 3 rings (SSSR count). The van der Waals surface area contributed by atoms with Gasteiger partial charge in [0.1, 0.15) is 0 Å². The molecule has 2 N–H and O–H groups in total. The van der Waals surface area contributed by atoms with Crippen molar-refractivity contribution in [1.82, 2.24) is 14.7 Å². The maximum absolute atomic E-state index is 12.6. The Morgan fingerprint density at radius 2 is 1.96 bits per heavy atom. The maximum atomic E-state index is 12.6. The minimum Gasteiger partial charge on any atom is -0.341 e. The summed E-state index contributed by atoms with van der Waals surface area (Å²) in [6, 6.07) is 6.39. The summed E-state index contributed by atoms with van der Waals surface area (Å²) in [6.45, 7) is 5.03. The Hall–Kier alpha value is -2.52. The van der Waals surface area contributed by atoms with Crippen molar-refractivity contribution in [2.45, 2.75) is 38.1 Å². The van der Waals surface area contributed by atoms with Crippen LogP contribution in [-0.2, 0) is 21.4 Å². The number of benzene rings is 1. The first-order chi connectivity index (χ1) is 12.8. The Labute approximate surface area is 159 Å². The van der Waals surface area contributed by atoms with Crippen molar-refractivity contribution in [2.24, 2.45) is 0 Å². The summed E-state index contributed by atoms with van der Waals surface area (Å²) in [5.41, 5.74) is 1.72. The fourth-order valence-corrected chi connectivity index (χ4v) is 4.25. The van der Waals surface area contributed by atoms with Gasteiger partial charge in [-0.1, -0.05) is 0 Å². The van der Waals surface area contributed by atoms with Crippen LogP contribution in [0.2, 0.25) is 0 Å². The zero-order valence-corrected chi connectivity index (χ0v) is 16.2. The molecule has 9 heteroatoms. The molecule has 1 aromatic heterocycles. The van der Waals surface area contributed by atoms with E-state index in [1.165, 1.54) is 13.0 Å². The molecule has 2 aromatic rings. The van der Waals surface area contributed by atoms with Crippen molar-refractivity contribution < 1.29 is 13.2 Å². The Bertz CT molecular complexity index is 940. The number of amides is 1. The monoisotopic (exact) mass is 389 g/mol. The van der Waals surface area contributed by atoms with Gasteiger partial charge < -0.3 is 10.2 Å². The highest BCUT2D eigenvalue weighted by atomic mass is 32.2. The summed E-state index contributed by atoms with van der Waals surface area (Å²) in [4.78, 5) is 22.1. The van der Waals surface area contributed by atoms with E-state index in [1.807, 2.05) is 0 Å². The second kappa shape index (κ2) is 8.01. The number of hydrogen-bond donors (Lipinski definition) is 2. The van der Waals surface area contributed by atoms with E-state index in [2.05, 4.69) is 24.9 Å². The maximum Gasteiger partial charge on any atom is 0.241 e. The molecule has 27 heavy (non-hydrogen) atoms. The number of nitrogens with one attached hydrogen (secondary N) is 2. The van der Waals surface area contributed by atoms with Gasteiger partial charge >= 0.3 is 0 Å². The molecule has 2 heterocycles. The molecule has 0 spiro atoms. The molecule has 0 aliphatic carbocycles. The molecule has 8 nitrogen and oxygen atoms in total. The van der Waals surface area contributed by atoms with E-state index in [-0.39, 0.29) is 17.3 Å². The van der Waals surface area contributed by atoms with Gasteiger partial charge in [-0.25, -0.2) is 23.1 Å². The standard InChI is InChI=1S/C18H23N5O3S/c1-13-11-15(21-14(2)24)5-6-17(13)27(25,26)20-12-16-7-8-19-18(22-16)23-9-3-4-10-23/h5-8,11,20H,3-4,9-10,12H2,1-2H3,(H,21,24). The highest BCUT2D eigenvalue weighted by Crippen LogP contribution is 2.20. The van der Waals surface area contributed by atoms with Gasteiger partial charge in [0.25, 0.3) is 0 Å². The summed E-state index contributed by atoms with van der Waals surface area (Å²) in [5, 5.41) is 2.64. The number of carbonyl (C=O) groups is 1. The molecule has 0 saturated carbocycles. The fraction of sp³-hybridized carbons (Fsp3) is 0.389. The van der Waals surface area contributed by atoms with E-state index in [9.17, 15) is 13.2 Å². The first-order valence-electron chi connectivity index (χ1n) is 8.80. The Morgan fingerprint density at radius 3 is 2.63 bits per heavy atom. The van der Waals surface area contributed by atoms with Gasteiger partial charge in [-0.05, 0) is 49.6 Å². The summed E-state index contributed by atoms with van der Waals surface area (Å²) in [5.74, 6) is 0.431. The van der Waals surface area contributed by atoms with Crippen LogP contribution in [0.4, 0.5) is 11.6 Å². The lowest BCUT2D eigenvalue weighted by Crippen LogP contribution is -2.26. The van der Waals surface area contributed by atoms with Crippen molar-refractivity contribution in [3.63, 3.8) is 0 Å². The molecular formula is C18H23N5O3S. The van der Waals surface area contributed by atoms with E-state index >= 15 is 0 Å². The summed E-state index contributed by atoms with van der Waals surface area (Å²) >= 11 is 0. The van der Waals surface area contributed by atoms with Crippen LogP contribution < -0.4 is 14.9 Å². The normalized spacial score (nSPS) is 14.4. The molecule has 1 aliphatic heterocycles. The first kappa shape index (κ1) is 19.2. The fourth-order valence-electron chi connectivity index (χ4n) is 3.03. The minimum atomic E-state index is -3.70. The quantitative estimate of drug-likeness (QED) is 0.781. The predicted octanol–water partition coefficient (Wildman–Crippen LogP) is 1.82. The summed E-state index contributed by atoms with van der Waals surface area (Å²) in [6.07, 6.45) is 3.89. The molecule has 1 amide bonds. The van der Waals surface area contributed by atoms with Crippen molar-refractivity contribution in [3.05, 3.63) is 41.7 Å². The molecule has 1 aromatic carbocycles.